The van der Waals surface area contributed by atoms with E-state index in [-0.39, 0.29) is 18.5 Å². The summed E-state index contributed by atoms with van der Waals surface area (Å²) in [6.45, 7) is 7.47. The van der Waals surface area contributed by atoms with E-state index in [2.05, 4.69) is 15.2 Å². The maximum atomic E-state index is 13.7. The number of anilines is 4. The van der Waals surface area contributed by atoms with Crippen LogP contribution in [0, 0.1) is 0 Å². The van der Waals surface area contributed by atoms with Gasteiger partial charge in [0.05, 0.1) is 37.0 Å². The minimum atomic E-state index is -0.838. The maximum absolute atomic E-state index is 13.7. The van der Waals surface area contributed by atoms with Crippen LogP contribution in [0.2, 0.25) is 0 Å². The van der Waals surface area contributed by atoms with E-state index in [1.807, 2.05) is 38.1 Å². The van der Waals surface area contributed by atoms with Crippen molar-refractivity contribution in [3.05, 3.63) is 35.7 Å². The van der Waals surface area contributed by atoms with Crippen LogP contribution in [-0.2, 0) is 35.8 Å². The molecular formula is C27H37N7O5. The number of carbonyl (C=O) groups is 2. The summed E-state index contributed by atoms with van der Waals surface area (Å²) in [7, 11) is 3.14. The molecule has 5 rings (SSSR count). The molecule has 12 heteroatoms. The molecule has 1 aromatic heterocycles. The summed E-state index contributed by atoms with van der Waals surface area (Å²) in [6.07, 6.45) is 0.667. The van der Waals surface area contributed by atoms with E-state index in [1.54, 1.807) is 16.8 Å². The summed E-state index contributed by atoms with van der Waals surface area (Å²) >= 11 is 0. The van der Waals surface area contributed by atoms with Gasteiger partial charge in [-0.15, -0.1) is 0 Å². The third-order valence-electron chi connectivity index (χ3n) is 7.71. The number of methoxy groups -OCH3 is 1. The number of carbonyl (C=O) groups excluding carboxylic acids is 2. The van der Waals surface area contributed by atoms with Crippen LogP contribution >= 0.6 is 0 Å². The number of fused-ring (bicyclic) bond motifs is 1. The second-order valence-electron chi connectivity index (χ2n) is 10.4. The predicted molar refractivity (Wildman–Crippen MR) is 146 cm³/mol. The molecule has 3 N–H and O–H groups in total. The highest BCUT2D eigenvalue weighted by atomic mass is 16.5. The lowest BCUT2D eigenvalue weighted by Gasteiger charge is -2.29. The molecule has 210 valence electrons. The quantitative estimate of drug-likeness (QED) is 0.375. The van der Waals surface area contributed by atoms with Crippen molar-refractivity contribution in [2.24, 2.45) is 5.73 Å². The second kappa shape index (κ2) is 11.0. The fraction of sp³-hybridized carbons (Fsp3) is 0.556. The molecule has 39 heavy (non-hydrogen) atoms. The molecule has 4 heterocycles. The monoisotopic (exact) mass is 539 g/mol. The zero-order valence-electron chi connectivity index (χ0n) is 23.0. The van der Waals surface area contributed by atoms with E-state index >= 15 is 0 Å². The summed E-state index contributed by atoms with van der Waals surface area (Å²) < 4.78 is 16.3. The number of likely N-dealkylation sites (tertiary alicyclic amines) is 1. The van der Waals surface area contributed by atoms with Crippen molar-refractivity contribution in [3.63, 3.8) is 0 Å². The summed E-state index contributed by atoms with van der Waals surface area (Å²) in [5.41, 5.74) is 8.00. The smallest absolute Gasteiger partial charge is 0.323 e. The van der Waals surface area contributed by atoms with Crippen molar-refractivity contribution in [2.75, 3.05) is 62.1 Å². The Kier molecular flexibility index (Phi) is 7.72. The van der Waals surface area contributed by atoms with Crippen LogP contribution in [0.1, 0.15) is 38.1 Å². The summed E-state index contributed by atoms with van der Waals surface area (Å²) in [6, 6.07) is 7.50. The van der Waals surface area contributed by atoms with Crippen LogP contribution in [0.25, 0.3) is 0 Å². The maximum Gasteiger partial charge on any atom is 0.323 e. The largest absolute Gasteiger partial charge is 0.468 e. The Balaban J connectivity index is 1.41. The third kappa shape index (κ3) is 5.05. The van der Waals surface area contributed by atoms with Gasteiger partial charge in [-0.05, 0) is 51.0 Å². The van der Waals surface area contributed by atoms with E-state index in [9.17, 15) is 9.59 Å². The lowest BCUT2D eigenvalue weighted by molar-refractivity contribution is -0.152. The Morgan fingerprint density at radius 3 is 2.54 bits per heavy atom. The van der Waals surface area contributed by atoms with E-state index < -0.39 is 17.8 Å². The van der Waals surface area contributed by atoms with Gasteiger partial charge in [0.25, 0.3) is 0 Å². The fourth-order valence-electron chi connectivity index (χ4n) is 5.57. The number of aromatic nitrogens is 2. The molecule has 0 bridgehead atoms. The lowest BCUT2D eigenvalue weighted by Crippen LogP contribution is -2.49. The van der Waals surface area contributed by atoms with Gasteiger partial charge < -0.3 is 24.4 Å². The molecule has 1 unspecified atom stereocenters. The highest BCUT2D eigenvalue weighted by Gasteiger charge is 2.48. The number of ether oxygens (including phenoxy) is 3. The molecule has 1 aromatic carbocycles. The molecule has 2 saturated heterocycles. The molecule has 0 aliphatic carbocycles. The Labute approximate surface area is 228 Å². The Morgan fingerprint density at radius 1 is 1.18 bits per heavy atom. The fourth-order valence-corrected chi connectivity index (χ4v) is 5.57. The van der Waals surface area contributed by atoms with Crippen molar-refractivity contribution >= 4 is 34.9 Å². The molecule has 0 radical (unpaired) electrons. The van der Waals surface area contributed by atoms with Gasteiger partial charge in [0.2, 0.25) is 5.91 Å². The predicted octanol–water partition coefficient (Wildman–Crippen LogP) is 1.71. The molecule has 2 aromatic rings. The first-order valence-corrected chi connectivity index (χ1v) is 13.3. The molecule has 3 aliphatic heterocycles. The normalized spacial score (nSPS) is 21.7. The van der Waals surface area contributed by atoms with Gasteiger partial charge in [0.15, 0.2) is 12.2 Å². The van der Waals surface area contributed by atoms with E-state index in [4.69, 9.17) is 24.9 Å². The van der Waals surface area contributed by atoms with Crippen LogP contribution in [-0.4, -0.2) is 86.1 Å². The van der Waals surface area contributed by atoms with Gasteiger partial charge in [0, 0.05) is 32.4 Å². The Bertz CT molecular complexity index is 1220. The van der Waals surface area contributed by atoms with Crippen LogP contribution in [0.3, 0.4) is 0 Å². The van der Waals surface area contributed by atoms with Gasteiger partial charge in [-0.25, -0.2) is 9.97 Å². The number of rotatable bonds is 8. The Hall–Kier alpha value is -3.32. The minimum Gasteiger partial charge on any atom is -0.468 e. The molecule has 1 amide bonds. The van der Waals surface area contributed by atoms with Crippen LogP contribution in [0.5, 0.6) is 0 Å². The van der Waals surface area contributed by atoms with E-state index in [0.29, 0.717) is 43.6 Å². The molecular weight excluding hydrogens is 502 g/mol. The second-order valence-corrected chi connectivity index (χ2v) is 10.4. The molecule has 2 fully saturated rings. The SMILES string of the molecule is CNc1nc(COC(N)N2CCC[C@H]2C(=O)OC)nc2c1C(C)(C)C(=O)N2c1ccc(N2CCOCC2)cc1. The third-order valence-corrected chi connectivity index (χ3v) is 7.71. The summed E-state index contributed by atoms with van der Waals surface area (Å²) in [5, 5.41) is 3.13. The van der Waals surface area contributed by atoms with Gasteiger partial charge in [0.1, 0.15) is 24.3 Å². The van der Waals surface area contributed by atoms with E-state index in [1.165, 1.54) is 7.11 Å². The van der Waals surface area contributed by atoms with Crippen molar-refractivity contribution in [1.29, 1.82) is 0 Å². The van der Waals surface area contributed by atoms with Crippen molar-refractivity contribution in [1.82, 2.24) is 14.9 Å². The standard InChI is InChI=1S/C27H37N7O5/c1-27(2)21-22(29-3)30-20(16-39-26(28)33-11-5-6-19(33)24(35)37-4)31-23(21)34(25(27)36)18-9-7-17(8-10-18)32-12-14-38-15-13-32/h7-10,19,26H,5-6,11-16,28H2,1-4H3,(H,29,30,31)/t19-,26?/m0/s1. The topological polar surface area (TPSA) is 135 Å². The highest BCUT2D eigenvalue weighted by Crippen LogP contribution is 2.47. The van der Waals surface area contributed by atoms with Crippen molar-refractivity contribution in [2.45, 2.75) is 51.1 Å². The summed E-state index contributed by atoms with van der Waals surface area (Å²) in [4.78, 5) is 41.0. The number of hydrogen-bond acceptors (Lipinski definition) is 11. The van der Waals surface area contributed by atoms with E-state index in [0.717, 1.165) is 36.4 Å². The molecule has 3 aliphatic rings. The van der Waals surface area contributed by atoms with Gasteiger partial charge in [-0.3, -0.25) is 25.1 Å². The number of nitrogens with one attached hydrogen (secondary N) is 1. The number of nitrogens with two attached hydrogens (primary N) is 1. The number of hydrogen-bond donors (Lipinski definition) is 2. The number of morpholine rings is 1. The summed E-state index contributed by atoms with van der Waals surface area (Å²) in [5.74, 6) is 1.04. The van der Waals surface area contributed by atoms with Crippen LogP contribution in [0.15, 0.2) is 24.3 Å². The lowest BCUT2D eigenvalue weighted by atomic mass is 9.87. The number of amides is 1. The van der Waals surface area contributed by atoms with Gasteiger partial charge >= 0.3 is 5.97 Å². The van der Waals surface area contributed by atoms with Crippen LogP contribution < -0.4 is 20.9 Å². The molecule has 12 nitrogen and oxygen atoms in total. The number of nitrogens with zero attached hydrogens (tertiary/aromatic N) is 5. The number of esters is 1. The molecule has 2 atom stereocenters. The molecule has 0 saturated carbocycles. The first-order chi connectivity index (χ1) is 18.8. The van der Waals surface area contributed by atoms with Crippen molar-refractivity contribution in [3.8, 4) is 0 Å². The highest BCUT2D eigenvalue weighted by molar-refractivity contribution is 6.12. The zero-order chi connectivity index (χ0) is 27.7. The zero-order valence-corrected chi connectivity index (χ0v) is 23.0. The first kappa shape index (κ1) is 27.3. The van der Waals surface area contributed by atoms with Crippen LogP contribution in [0.4, 0.5) is 23.0 Å². The first-order valence-electron chi connectivity index (χ1n) is 13.3. The van der Waals surface area contributed by atoms with Gasteiger partial charge in [-0.2, -0.15) is 0 Å². The minimum absolute atomic E-state index is 0.00590. The Morgan fingerprint density at radius 2 is 1.87 bits per heavy atom. The molecule has 0 spiro atoms. The average molecular weight is 540 g/mol. The average Bonchev–Trinajstić information content (AvgIpc) is 3.53. The van der Waals surface area contributed by atoms with Gasteiger partial charge in [-0.1, -0.05) is 0 Å². The number of benzene rings is 1. The van der Waals surface area contributed by atoms with Crippen molar-refractivity contribution < 1.29 is 23.8 Å².